The third-order valence-corrected chi connectivity index (χ3v) is 4.39. The van der Waals surface area contributed by atoms with E-state index in [1.54, 1.807) is 0 Å². The Labute approximate surface area is 103 Å². The Morgan fingerprint density at radius 2 is 2.00 bits per heavy atom. The van der Waals surface area contributed by atoms with Crippen molar-refractivity contribution in [2.75, 3.05) is 0 Å². The van der Waals surface area contributed by atoms with Gasteiger partial charge in [-0.3, -0.25) is 9.58 Å². The quantitative estimate of drug-likeness (QED) is 0.836. The van der Waals surface area contributed by atoms with Gasteiger partial charge in [-0.15, -0.1) is 0 Å². The minimum Gasteiger partial charge on any atom is -0.328 e. The largest absolute Gasteiger partial charge is 0.328 e. The van der Waals surface area contributed by atoms with Crippen LogP contribution in [0.4, 0.5) is 0 Å². The highest BCUT2D eigenvalue weighted by molar-refractivity contribution is 5.16. The molecule has 0 radical (unpaired) electrons. The molecule has 17 heavy (non-hydrogen) atoms. The van der Waals surface area contributed by atoms with Crippen LogP contribution < -0.4 is 5.73 Å². The molecule has 4 heteroatoms. The minimum atomic E-state index is 0.429. The van der Waals surface area contributed by atoms with Crippen molar-refractivity contribution in [1.82, 2.24) is 14.7 Å². The summed E-state index contributed by atoms with van der Waals surface area (Å²) in [7, 11) is 2.00. The lowest BCUT2D eigenvalue weighted by atomic mass is 9.97. The molecule has 2 aliphatic heterocycles. The Morgan fingerprint density at radius 3 is 2.53 bits per heavy atom. The molecule has 2 aliphatic rings. The lowest BCUT2D eigenvalue weighted by Gasteiger charge is -2.37. The summed E-state index contributed by atoms with van der Waals surface area (Å²) in [6.45, 7) is 3.16. The molecule has 3 heterocycles. The van der Waals surface area contributed by atoms with Crippen LogP contribution in [0.15, 0.2) is 6.20 Å². The van der Waals surface area contributed by atoms with E-state index in [9.17, 15) is 0 Å². The number of piperidine rings is 1. The van der Waals surface area contributed by atoms with Crippen LogP contribution in [-0.4, -0.2) is 32.8 Å². The molecule has 0 saturated carbocycles. The Kier molecular flexibility index (Phi) is 2.71. The molecule has 0 spiro atoms. The standard InChI is InChI=1S/C13H22N4/c1-9-10(7-16(2)15-9)8-17-12-3-4-13(17)6-11(14)5-12/h7,11-13H,3-6,8,14H2,1-2H3. The molecule has 3 rings (SSSR count). The molecule has 2 N–H and O–H groups in total. The average Bonchev–Trinajstić information content (AvgIpc) is 2.68. The number of nitrogens with zero attached hydrogens (tertiary/aromatic N) is 3. The molecule has 2 fully saturated rings. The Bertz CT molecular complexity index is 398. The van der Waals surface area contributed by atoms with Crippen molar-refractivity contribution in [3.8, 4) is 0 Å². The molecule has 2 saturated heterocycles. The fourth-order valence-electron chi connectivity index (χ4n) is 3.57. The van der Waals surface area contributed by atoms with Crippen LogP contribution in [0.3, 0.4) is 0 Å². The molecule has 1 aromatic rings. The maximum atomic E-state index is 6.10. The van der Waals surface area contributed by atoms with E-state index in [1.807, 2.05) is 11.7 Å². The van der Waals surface area contributed by atoms with Crippen LogP contribution in [0, 0.1) is 6.92 Å². The van der Waals surface area contributed by atoms with Gasteiger partial charge in [-0.25, -0.2) is 0 Å². The zero-order valence-electron chi connectivity index (χ0n) is 10.8. The lowest BCUT2D eigenvalue weighted by Crippen LogP contribution is -2.46. The SMILES string of the molecule is Cc1nn(C)cc1CN1C2CCC1CC(N)C2. The number of aromatic nitrogens is 2. The van der Waals surface area contributed by atoms with E-state index in [0.717, 1.165) is 6.54 Å². The van der Waals surface area contributed by atoms with Crippen molar-refractivity contribution < 1.29 is 0 Å². The van der Waals surface area contributed by atoms with Crippen molar-refractivity contribution in [2.45, 2.75) is 57.3 Å². The first-order chi connectivity index (χ1) is 8.13. The molecule has 0 amide bonds. The van der Waals surface area contributed by atoms with E-state index in [1.165, 1.54) is 36.9 Å². The maximum Gasteiger partial charge on any atom is 0.0638 e. The predicted molar refractivity (Wildman–Crippen MR) is 67.5 cm³/mol. The summed E-state index contributed by atoms with van der Waals surface area (Å²) in [6.07, 6.45) is 7.17. The van der Waals surface area contributed by atoms with Gasteiger partial charge in [-0.1, -0.05) is 0 Å². The molecule has 2 atom stereocenters. The van der Waals surface area contributed by atoms with Crippen LogP contribution in [0.1, 0.15) is 36.9 Å². The second-order valence-electron chi connectivity index (χ2n) is 5.70. The highest BCUT2D eigenvalue weighted by atomic mass is 15.3. The molecule has 2 bridgehead atoms. The fourth-order valence-corrected chi connectivity index (χ4v) is 3.57. The summed E-state index contributed by atoms with van der Waals surface area (Å²) in [4.78, 5) is 2.66. The zero-order chi connectivity index (χ0) is 12.0. The van der Waals surface area contributed by atoms with Crippen molar-refractivity contribution in [2.24, 2.45) is 12.8 Å². The normalized spacial score (nSPS) is 33.2. The van der Waals surface area contributed by atoms with Gasteiger partial charge >= 0.3 is 0 Å². The van der Waals surface area contributed by atoms with E-state index in [2.05, 4.69) is 23.1 Å². The number of rotatable bonds is 2. The maximum absolute atomic E-state index is 6.10. The van der Waals surface area contributed by atoms with Crippen LogP contribution in [0.5, 0.6) is 0 Å². The van der Waals surface area contributed by atoms with Gasteiger partial charge in [0, 0.05) is 43.5 Å². The number of aryl methyl sites for hydroxylation is 2. The van der Waals surface area contributed by atoms with Gasteiger partial charge in [-0.05, 0) is 32.6 Å². The summed E-state index contributed by atoms with van der Waals surface area (Å²) in [6, 6.07) is 1.85. The van der Waals surface area contributed by atoms with Crippen molar-refractivity contribution in [3.05, 3.63) is 17.5 Å². The van der Waals surface area contributed by atoms with Gasteiger partial charge in [0.2, 0.25) is 0 Å². The second-order valence-corrected chi connectivity index (χ2v) is 5.70. The molecular weight excluding hydrogens is 212 g/mol. The number of hydrogen-bond donors (Lipinski definition) is 1. The summed E-state index contributed by atoms with van der Waals surface area (Å²) in [5, 5.41) is 4.43. The Morgan fingerprint density at radius 1 is 1.35 bits per heavy atom. The first kappa shape index (κ1) is 11.2. The van der Waals surface area contributed by atoms with E-state index < -0.39 is 0 Å². The summed E-state index contributed by atoms with van der Waals surface area (Å²) in [5.74, 6) is 0. The Balaban J connectivity index is 1.76. The number of hydrogen-bond acceptors (Lipinski definition) is 3. The zero-order valence-corrected chi connectivity index (χ0v) is 10.8. The van der Waals surface area contributed by atoms with Crippen LogP contribution in [-0.2, 0) is 13.6 Å². The highest BCUT2D eigenvalue weighted by Crippen LogP contribution is 2.36. The number of fused-ring (bicyclic) bond motifs is 2. The van der Waals surface area contributed by atoms with Crippen LogP contribution >= 0.6 is 0 Å². The molecular formula is C13H22N4. The van der Waals surface area contributed by atoms with Crippen molar-refractivity contribution >= 4 is 0 Å². The molecule has 2 unspecified atom stereocenters. The van der Waals surface area contributed by atoms with Crippen LogP contribution in [0.25, 0.3) is 0 Å². The highest BCUT2D eigenvalue weighted by Gasteiger charge is 2.39. The molecule has 94 valence electrons. The van der Waals surface area contributed by atoms with Gasteiger partial charge < -0.3 is 5.73 Å². The smallest absolute Gasteiger partial charge is 0.0638 e. The fraction of sp³-hybridized carbons (Fsp3) is 0.769. The molecule has 4 nitrogen and oxygen atoms in total. The minimum absolute atomic E-state index is 0.429. The van der Waals surface area contributed by atoms with Gasteiger partial charge in [0.15, 0.2) is 0 Å². The second kappa shape index (κ2) is 4.10. The first-order valence-corrected chi connectivity index (χ1v) is 6.64. The monoisotopic (exact) mass is 234 g/mol. The third-order valence-electron chi connectivity index (χ3n) is 4.39. The van der Waals surface area contributed by atoms with E-state index in [-0.39, 0.29) is 0 Å². The summed E-state index contributed by atoms with van der Waals surface area (Å²) < 4.78 is 1.92. The Hall–Kier alpha value is -0.870. The van der Waals surface area contributed by atoms with Gasteiger partial charge in [0.25, 0.3) is 0 Å². The van der Waals surface area contributed by atoms with E-state index in [0.29, 0.717) is 18.1 Å². The number of nitrogens with two attached hydrogens (primary N) is 1. The summed E-state index contributed by atoms with van der Waals surface area (Å²) >= 11 is 0. The first-order valence-electron chi connectivity index (χ1n) is 6.64. The summed E-state index contributed by atoms with van der Waals surface area (Å²) in [5.41, 5.74) is 8.65. The van der Waals surface area contributed by atoms with Crippen molar-refractivity contribution in [3.63, 3.8) is 0 Å². The average molecular weight is 234 g/mol. The lowest BCUT2D eigenvalue weighted by molar-refractivity contribution is 0.119. The van der Waals surface area contributed by atoms with E-state index in [4.69, 9.17) is 5.73 Å². The van der Waals surface area contributed by atoms with Crippen LogP contribution in [0.2, 0.25) is 0 Å². The third kappa shape index (κ3) is 2.00. The van der Waals surface area contributed by atoms with Gasteiger partial charge in [-0.2, -0.15) is 5.10 Å². The van der Waals surface area contributed by atoms with Crippen molar-refractivity contribution in [1.29, 1.82) is 0 Å². The van der Waals surface area contributed by atoms with E-state index >= 15 is 0 Å². The molecule has 0 aliphatic carbocycles. The molecule has 0 aromatic carbocycles. The van der Waals surface area contributed by atoms with Gasteiger partial charge in [0.05, 0.1) is 5.69 Å². The molecule has 1 aromatic heterocycles. The predicted octanol–water partition coefficient (Wildman–Crippen LogP) is 1.18. The van der Waals surface area contributed by atoms with Gasteiger partial charge in [0.1, 0.15) is 0 Å². The topological polar surface area (TPSA) is 47.1 Å².